The van der Waals surface area contributed by atoms with E-state index in [1.54, 1.807) is 25.1 Å². The Labute approximate surface area is 158 Å². The summed E-state index contributed by atoms with van der Waals surface area (Å²) in [6.07, 6.45) is -4.52. The SMILES string of the molecule is CCN1C(=O)C(C)(C(=O)Nc2cccc(C(F)(F)F)c2)Sc2ccccc21. The number of hydrogen-bond acceptors (Lipinski definition) is 3. The zero-order chi connectivity index (χ0) is 19.8. The van der Waals surface area contributed by atoms with E-state index in [-0.39, 0.29) is 5.69 Å². The van der Waals surface area contributed by atoms with Gasteiger partial charge in [0.1, 0.15) is 0 Å². The van der Waals surface area contributed by atoms with Crippen molar-refractivity contribution in [1.29, 1.82) is 0 Å². The van der Waals surface area contributed by atoms with Gasteiger partial charge in [0, 0.05) is 17.1 Å². The maximum absolute atomic E-state index is 13.0. The summed E-state index contributed by atoms with van der Waals surface area (Å²) in [5.74, 6) is -1.07. The summed E-state index contributed by atoms with van der Waals surface area (Å²) in [5.41, 5.74) is -0.153. The summed E-state index contributed by atoms with van der Waals surface area (Å²) in [7, 11) is 0. The number of nitrogens with zero attached hydrogens (tertiary/aromatic N) is 1. The van der Waals surface area contributed by atoms with Crippen molar-refractivity contribution in [3.8, 4) is 0 Å². The number of carbonyl (C=O) groups is 2. The van der Waals surface area contributed by atoms with E-state index in [2.05, 4.69) is 5.32 Å². The lowest BCUT2D eigenvalue weighted by Gasteiger charge is -2.38. The zero-order valence-electron chi connectivity index (χ0n) is 14.6. The monoisotopic (exact) mass is 394 g/mol. The van der Waals surface area contributed by atoms with Crippen molar-refractivity contribution in [1.82, 2.24) is 0 Å². The third-order valence-electron chi connectivity index (χ3n) is 4.32. The molecule has 4 nitrogen and oxygen atoms in total. The lowest BCUT2D eigenvalue weighted by molar-refractivity contribution is -0.137. The van der Waals surface area contributed by atoms with Gasteiger partial charge in [-0.15, -0.1) is 0 Å². The normalized spacial score (nSPS) is 19.6. The van der Waals surface area contributed by atoms with Crippen LogP contribution >= 0.6 is 11.8 Å². The number of fused-ring (bicyclic) bond motifs is 1. The van der Waals surface area contributed by atoms with Gasteiger partial charge in [-0.25, -0.2) is 0 Å². The maximum Gasteiger partial charge on any atom is 0.416 e. The minimum absolute atomic E-state index is 0.00800. The third kappa shape index (κ3) is 3.53. The molecule has 0 radical (unpaired) electrons. The number of alkyl halides is 3. The summed E-state index contributed by atoms with van der Waals surface area (Å²) in [5, 5.41) is 2.46. The van der Waals surface area contributed by atoms with Crippen LogP contribution in [0.25, 0.3) is 0 Å². The number of para-hydroxylation sites is 1. The van der Waals surface area contributed by atoms with E-state index < -0.39 is 28.3 Å². The fraction of sp³-hybridized carbons (Fsp3) is 0.263. The summed E-state index contributed by atoms with van der Waals surface area (Å²) in [6, 6.07) is 11.6. The molecule has 1 heterocycles. The van der Waals surface area contributed by atoms with Crippen LogP contribution in [0, 0.1) is 0 Å². The first kappa shape index (κ1) is 19.3. The highest BCUT2D eigenvalue weighted by molar-refractivity contribution is 8.02. The van der Waals surface area contributed by atoms with Crippen molar-refractivity contribution in [2.24, 2.45) is 0 Å². The number of nitrogens with one attached hydrogen (secondary N) is 1. The Bertz CT molecular complexity index is 901. The Morgan fingerprint density at radius 1 is 1.19 bits per heavy atom. The number of halogens is 3. The molecule has 1 atom stereocenters. The topological polar surface area (TPSA) is 49.4 Å². The van der Waals surface area contributed by atoms with Gasteiger partial charge in [-0.1, -0.05) is 30.0 Å². The standard InChI is InChI=1S/C19H17F3N2O2S/c1-3-24-14-9-4-5-10-15(14)27-18(2,17(24)26)16(25)23-13-8-6-7-12(11-13)19(20,21)22/h4-11H,3H2,1-2H3,(H,23,25). The quantitative estimate of drug-likeness (QED) is 0.777. The van der Waals surface area contributed by atoms with Crippen LogP contribution in [-0.4, -0.2) is 23.1 Å². The van der Waals surface area contributed by atoms with Crippen molar-refractivity contribution in [3.63, 3.8) is 0 Å². The van der Waals surface area contributed by atoms with Gasteiger partial charge in [-0.2, -0.15) is 13.2 Å². The first-order valence-electron chi connectivity index (χ1n) is 8.25. The summed E-state index contributed by atoms with van der Waals surface area (Å²) in [4.78, 5) is 28.1. The predicted octanol–water partition coefficient (Wildman–Crippen LogP) is 4.56. The Morgan fingerprint density at radius 3 is 2.56 bits per heavy atom. The van der Waals surface area contributed by atoms with Crippen molar-refractivity contribution in [2.75, 3.05) is 16.8 Å². The van der Waals surface area contributed by atoms with Crippen LogP contribution in [0.3, 0.4) is 0 Å². The molecule has 0 fully saturated rings. The fourth-order valence-electron chi connectivity index (χ4n) is 2.88. The second-order valence-electron chi connectivity index (χ2n) is 6.19. The third-order valence-corrected chi connectivity index (χ3v) is 5.65. The van der Waals surface area contributed by atoms with E-state index in [1.807, 2.05) is 6.07 Å². The molecule has 2 aromatic rings. The Kier molecular flexibility index (Phi) is 4.94. The molecule has 27 heavy (non-hydrogen) atoms. The highest BCUT2D eigenvalue weighted by Gasteiger charge is 2.49. The van der Waals surface area contributed by atoms with E-state index in [9.17, 15) is 22.8 Å². The second kappa shape index (κ2) is 6.92. The number of thioether (sulfide) groups is 1. The minimum atomic E-state index is -4.52. The largest absolute Gasteiger partial charge is 0.416 e. The van der Waals surface area contributed by atoms with Crippen LogP contribution in [0.15, 0.2) is 53.4 Å². The van der Waals surface area contributed by atoms with Crippen molar-refractivity contribution >= 4 is 35.0 Å². The minimum Gasteiger partial charge on any atom is -0.324 e. The molecule has 2 amide bonds. The highest BCUT2D eigenvalue weighted by Crippen LogP contribution is 2.45. The van der Waals surface area contributed by atoms with Gasteiger partial charge in [-0.05, 0) is 44.2 Å². The van der Waals surface area contributed by atoms with E-state index >= 15 is 0 Å². The van der Waals surface area contributed by atoms with Gasteiger partial charge in [0.25, 0.3) is 5.91 Å². The highest BCUT2D eigenvalue weighted by atomic mass is 32.2. The zero-order valence-corrected chi connectivity index (χ0v) is 15.4. The van der Waals surface area contributed by atoms with Gasteiger partial charge in [0.15, 0.2) is 4.75 Å². The fourth-order valence-corrected chi connectivity index (χ4v) is 4.09. The molecule has 1 aliphatic rings. The molecule has 2 aromatic carbocycles. The van der Waals surface area contributed by atoms with Gasteiger partial charge in [0.2, 0.25) is 5.91 Å². The van der Waals surface area contributed by atoms with Crippen molar-refractivity contribution < 1.29 is 22.8 Å². The number of anilines is 2. The molecule has 1 N–H and O–H groups in total. The number of benzene rings is 2. The lowest BCUT2D eigenvalue weighted by atomic mass is 10.1. The number of rotatable bonds is 3. The maximum atomic E-state index is 13.0. The number of carbonyl (C=O) groups excluding carboxylic acids is 2. The molecule has 0 aromatic heterocycles. The average molecular weight is 394 g/mol. The van der Waals surface area contributed by atoms with Crippen LogP contribution in [-0.2, 0) is 15.8 Å². The second-order valence-corrected chi connectivity index (χ2v) is 7.65. The molecule has 8 heteroatoms. The van der Waals surface area contributed by atoms with E-state index in [0.29, 0.717) is 6.54 Å². The van der Waals surface area contributed by atoms with E-state index in [0.717, 1.165) is 34.5 Å². The smallest absolute Gasteiger partial charge is 0.324 e. The molecule has 0 spiro atoms. The van der Waals surface area contributed by atoms with Crippen LogP contribution < -0.4 is 10.2 Å². The van der Waals surface area contributed by atoms with E-state index in [1.165, 1.54) is 24.0 Å². The van der Waals surface area contributed by atoms with Gasteiger partial charge in [-0.3, -0.25) is 9.59 Å². The average Bonchev–Trinajstić information content (AvgIpc) is 2.62. The summed E-state index contributed by atoms with van der Waals surface area (Å²) < 4.78 is 37.2. The Morgan fingerprint density at radius 2 is 1.89 bits per heavy atom. The van der Waals surface area contributed by atoms with Crippen LogP contribution in [0.2, 0.25) is 0 Å². The molecule has 142 valence electrons. The van der Waals surface area contributed by atoms with Gasteiger partial charge in [0.05, 0.1) is 11.3 Å². The lowest BCUT2D eigenvalue weighted by Crippen LogP contribution is -2.54. The van der Waals surface area contributed by atoms with Crippen molar-refractivity contribution in [3.05, 3.63) is 54.1 Å². The number of hydrogen-bond donors (Lipinski definition) is 1. The molecule has 3 rings (SSSR count). The van der Waals surface area contributed by atoms with Crippen LogP contribution in [0.1, 0.15) is 19.4 Å². The molecule has 0 aliphatic carbocycles. The molecule has 0 saturated carbocycles. The Balaban J connectivity index is 1.91. The summed E-state index contributed by atoms with van der Waals surface area (Å²) >= 11 is 1.10. The first-order valence-corrected chi connectivity index (χ1v) is 9.07. The molecular weight excluding hydrogens is 377 g/mol. The van der Waals surface area contributed by atoms with Crippen LogP contribution in [0.5, 0.6) is 0 Å². The number of amides is 2. The van der Waals surface area contributed by atoms with Crippen molar-refractivity contribution in [2.45, 2.75) is 29.7 Å². The molecule has 0 bridgehead atoms. The Hall–Kier alpha value is -2.48. The first-order chi connectivity index (χ1) is 12.7. The molecule has 0 saturated heterocycles. The molecular formula is C19H17F3N2O2S. The van der Waals surface area contributed by atoms with Crippen LogP contribution in [0.4, 0.5) is 24.5 Å². The van der Waals surface area contributed by atoms with Gasteiger partial charge >= 0.3 is 6.18 Å². The van der Waals surface area contributed by atoms with E-state index in [4.69, 9.17) is 0 Å². The summed E-state index contributed by atoms with van der Waals surface area (Å²) in [6.45, 7) is 3.67. The van der Waals surface area contributed by atoms with Gasteiger partial charge < -0.3 is 10.2 Å². The molecule has 1 aliphatic heterocycles. The molecule has 1 unspecified atom stereocenters. The predicted molar refractivity (Wildman–Crippen MR) is 98.8 cm³/mol.